The van der Waals surface area contributed by atoms with E-state index >= 15 is 0 Å². The number of rotatable bonds is 8. The van der Waals surface area contributed by atoms with Crippen LogP contribution in [0.2, 0.25) is 0 Å². The minimum atomic E-state index is -3.82. The molecule has 28 heavy (non-hydrogen) atoms. The van der Waals surface area contributed by atoms with Crippen molar-refractivity contribution in [2.24, 2.45) is 0 Å². The van der Waals surface area contributed by atoms with E-state index in [1.54, 1.807) is 24.3 Å². The quantitative estimate of drug-likeness (QED) is 0.583. The molecule has 0 atom stereocenters. The molecule has 2 rings (SSSR count). The molecule has 0 heterocycles. The number of anilines is 2. The molecule has 0 fully saturated rings. The second kappa shape index (κ2) is 9.25. The Morgan fingerprint density at radius 2 is 1.50 bits per heavy atom. The molecule has 0 radical (unpaired) electrons. The lowest BCUT2D eigenvalue weighted by molar-refractivity contribution is -0.116. The maximum Gasteiger partial charge on any atom is 0.240 e. The van der Waals surface area contributed by atoms with Gasteiger partial charge in [0.2, 0.25) is 21.8 Å². The highest BCUT2D eigenvalue weighted by molar-refractivity contribution is 7.89. The zero-order valence-electron chi connectivity index (χ0n) is 15.5. The number of carbonyl (C=O) groups excluding carboxylic acids is 3. The number of ketones is 1. The molecule has 0 spiro atoms. The monoisotopic (exact) mass is 403 g/mol. The summed E-state index contributed by atoms with van der Waals surface area (Å²) >= 11 is 0. The summed E-state index contributed by atoms with van der Waals surface area (Å²) in [4.78, 5) is 34.3. The van der Waals surface area contributed by atoms with E-state index in [9.17, 15) is 22.8 Å². The lowest BCUT2D eigenvalue weighted by atomic mass is 10.2. The summed E-state index contributed by atoms with van der Waals surface area (Å²) in [7, 11) is -3.82. The normalized spacial score (nSPS) is 10.9. The third-order valence-corrected chi connectivity index (χ3v) is 5.14. The lowest BCUT2D eigenvalue weighted by Gasteiger charge is -2.09. The van der Waals surface area contributed by atoms with Crippen LogP contribution in [0.4, 0.5) is 11.4 Å². The molecule has 0 unspecified atom stereocenters. The van der Waals surface area contributed by atoms with Crippen LogP contribution in [0.15, 0.2) is 53.4 Å². The van der Waals surface area contributed by atoms with Crippen LogP contribution >= 0.6 is 0 Å². The molecule has 9 heteroatoms. The van der Waals surface area contributed by atoms with Gasteiger partial charge >= 0.3 is 0 Å². The fourth-order valence-electron chi connectivity index (χ4n) is 2.33. The van der Waals surface area contributed by atoms with Gasteiger partial charge in [0.25, 0.3) is 0 Å². The van der Waals surface area contributed by atoms with Crippen LogP contribution in [0, 0.1) is 0 Å². The Bertz CT molecular complexity index is 985. The van der Waals surface area contributed by atoms with Gasteiger partial charge in [-0.1, -0.05) is 12.1 Å². The smallest absolute Gasteiger partial charge is 0.240 e. The highest BCUT2D eigenvalue weighted by atomic mass is 32.2. The van der Waals surface area contributed by atoms with Gasteiger partial charge in [0.05, 0.1) is 4.90 Å². The number of nitrogens with one attached hydrogen (secondary N) is 3. The van der Waals surface area contributed by atoms with E-state index in [2.05, 4.69) is 15.4 Å². The SMILES string of the molecule is CC(=O)Nc1ccc(NC(=O)CCNS(=O)(=O)c2cccc(C(C)=O)c2)cc1. The molecule has 148 valence electrons. The van der Waals surface area contributed by atoms with Crippen molar-refractivity contribution in [1.82, 2.24) is 4.72 Å². The molecule has 0 aliphatic heterocycles. The Kier molecular flexibility index (Phi) is 7.02. The topological polar surface area (TPSA) is 121 Å². The van der Waals surface area contributed by atoms with Crippen LogP contribution in [0.25, 0.3) is 0 Å². The highest BCUT2D eigenvalue weighted by Crippen LogP contribution is 2.14. The van der Waals surface area contributed by atoms with Crippen LogP contribution < -0.4 is 15.4 Å². The third-order valence-electron chi connectivity index (χ3n) is 3.68. The van der Waals surface area contributed by atoms with Crippen LogP contribution in [0.1, 0.15) is 30.6 Å². The second-order valence-electron chi connectivity index (χ2n) is 6.04. The molecular weight excluding hydrogens is 382 g/mol. The number of hydrogen-bond donors (Lipinski definition) is 3. The molecule has 0 bridgehead atoms. The van der Waals surface area contributed by atoms with E-state index in [1.165, 1.54) is 38.1 Å². The summed E-state index contributed by atoms with van der Waals surface area (Å²) in [5, 5.41) is 5.25. The Morgan fingerprint density at radius 1 is 0.893 bits per heavy atom. The molecule has 2 amide bonds. The zero-order chi connectivity index (χ0) is 20.7. The first-order chi connectivity index (χ1) is 13.2. The van der Waals surface area contributed by atoms with Crippen LogP contribution in [0.3, 0.4) is 0 Å². The van der Waals surface area contributed by atoms with Crippen molar-refractivity contribution in [3.63, 3.8) is 0 Å². The maximum atomic E-state index is 12.3. The molecule has 2 aromatic carbocycles. The van der Waals surface area contributed by atoms with Crippen molar-refractivity contribution in [3.05, 3.63) is 54.1 Å². The zero-order valence-corrected chi connectivity index (χ0v) is 16.3. The minimum absolute atomic E-state index is 0.0332. The predicted octanol–water partition coefficient (Wildman–Crippen LogP) is 2.15. The van der Waals surface area contributed by atoms with E-state index in [1.807, 2.05) is 0 Å². The van der Waals surface area contributed by atoms with Gasteiger partial charge in [0, 0.05) is 36.8 Å². The van der Waals surface area contributed by atoms with Crippen molar-refractivity contribution in [2.75, 3.05) is 17.2 Å². The summed E-state index contributed by atoms with van der Waals surface area (Å²) in [6, 6.07) is 12.2. The maximum absolute atomic E-state index is 12.3. The molecule has 0 saturated carbocycles. The Balaban J connectivity index is 1.88. The molecule has 0 aliphatic carbocycles. The van der Waals surface area contributed by atoms with Crippen molar-refractivity contribution < 1.29 is 22.8 Å². The highest BCUT2D eigenvalue weighted by Gasteiger charge is 2.15. The van der Waals surface area contributed by atoms with E-state index in [4.69, 9.17) is 0 Å². The van der Waals surface area contributed by atoms with Gasteiger partial charge in [-0.15, -0.1) is 0 Å². The molecule has 0 aliphatic rings. The van der Waals surface area contributed by atoms with Gasteiger partial charge in [0.15, 0.2) is 5.78 Å². The first-order valence-corrected chi connectivity index (χ1v) is 9.94. The summed E-state index contributed by atoms with van der Waals surface area (Å²) in [6.07, 6.45) is -0.0704. The van der Waals surface area contributed by atoms with Crippen LogP contribution in [-0.2, 0) is 19.6 Å². The van der Waals surface area contributed by atoms with E-state index in [-0.39, 0.29) is 35.5 Å². The lowest BCUT2D eigenvalue weighted by Crippen LogP contribution is -2.28. The summed E-state index contributed by atoms with van der Waals surface area (Å²) in [6.45, 7) is 2.65. The van der Waals surface area contributed by atoms with Gasteiger partial charge in [-0.3, -0.25) is 14.4 Å². The molecule has 0 aromatic heterocycles. The summed E-state index contributed by atoms with van der Waals surface area (Å²) in [5.41, 5.74) is 1.42. The van der Waals surface area contributed by atoms with E-state index in [0.717, 1.165) is 0 Å². The number of Topliss-reactive ketones (excluding diaryl/α,β-unsaturated/α-hetero) is 1. The number of amides is 2. The molecule has 3 N–H and O–H groups in total. The Morgan fingerprint density at radius 3 is 2.07 bits per heavy atom. The fraction of sp³-hybridized carbons (Fsp3) is 0.211. The molecule has 8 nitrogen and oxygen atoms in total. The first-order valence-electron chi connectivity index (χ1n) is 8.45. The van der Waals surface area contributed by atoms with Crippen LogP contribution in [0.5, 0.6) is 0 Å². The van der Waals surface area contributed by atoms with E-state index < -0.39 is 10.0 Å². The van der Waals surface area contributed by atoms with Crippen molar-refractivity contribution in [2.45, 2.75) is 25.2 Å². The van der Waals surface area contributed by atoms with Gasteiger partial charge in [-0.2, -0.15) is 0 Å². The van der Waals surface area contributed by atoms with E-state index in [0.29, 0.717) is 16.9 Å². The molecular formula is C19H21N3O5S. The van der Waals surface area contributed by atoms with Crippen molar-refractivity contribution >= 4 is 39.0 Å². The Hall–Kier alpha value is -3.04. The number of carbonyl (C=O) groups is 3. The second-order valence-corrected chi connectivity index (χ2v) is 7.81. The summed E-state index contributed by atoms with van der Waals surface area (Å²) < 4.78 is 26.9. The molecule has 0 saturated heterocycles. The third kappa shape index (κ3) is 6.29. The van der Waals surface area contributed by atoms with Crippen molar-refractivity contribution in [3.8, 4) is 0 Å². The molecule has 2 aromatic rings. The number of benzene rings is 2. The largest absolute Gasteiger partial charge is 0.326 e. The standard InChI is InChI=1S/C19H21N3O5S/c1-13(23)15-4-3-5-18(12-15)28(26,27)20-11-10-19(25)22-17-8-6-16(7-9-17)21-14(2)24/h3-9,12,20H,10-11H2,1-2H3,(H,21,24)(H,22,25). The van der Waals surface area contributed by atoms with Gasteiger partial charge in [-0.05, 0) is 43.3 Å². The number of hydrogen-bond acceptors (Lipinski definition) is 5. The fourth-order valence-corrected chi connectivity index (χ4v) is 3.41. The van der Waals surface area contributed by atoms with Crippen LogP contribution in [-0.4, -0.2) is 32.6 Å². The van der Waals surface area contributed by atoms with Crippen molar-refractivity contribution in [1.29, 1.82) is 0 Å². The number of sulfonamides is 1. The first kappa shape index (κ1) is 21.3. The van der Waals surface area contributed by atoms with Gasteiger partial charge in [0.1, 0.15) is 0 Å². The average molecular weight is 403 g/mol. The summed E-state index contributed by atoms with van der Waals surface area (Å²) in [5.74, 6) is -0.800. The minimum Gasteiger partial charge on any atom is -0.326 e. The Labute approximate surface area is 163 Å². The van der Waals surface area contributed by atoms with Gasteiger partial charge in [-0.25, -0.2) is 13.1 Å². The van der Waals surface area contributed by atoms with Gasteiger partial charge < -0.3 is 10.6 Å². The average Bonchev–Trinajstić information content (AvgIpc) is 2.63. The predicted molar refractivity (Wildman–Crippen MR) is 106 cm³/mol.